The van der Waals surface area contributed by atoms with Crippen molar-refractivity contribution in [2.24, 2.45) is 0 Å². The zero-order valence-corrected chi connectivity index (χ0v) is 12.9. The van der Waals surface area contributed by atoms with Gasteiger partial charge >= 0.3 is 0 Å². The van der Waals surface area contributed by atoms with Gasteiger partial charge in [0.15, 0.2) is 0 Å². The van der Waals surface area contributed by atoms with E-state index in [0.717, 1.165) is 34.0 Å². The lowest BCUT2D eigenvalue weighted by Gasteiger charge is -2.13. The number of aryl methyl sites for hydroxylation is 1. The third kappa shape index (κ3) is 3.96. The van der Waals surface area contributed by atoms with Gasteiger partial charge in [-0.3, -0.25) is 4.98 Å². The van der Waals surface area contributed by atoms with Gasteiger partial charge in [0.2, 0.25) is 0 Å². The number of hydrogen-bond acceptors (Lipinski definition) is 3. The number of benzene rings is 1. The molecule has 0 aliphatic heterocycles. The Labute approximate surface area is 130 Å². The van der Waals surface area contributed by atoms with Crippen LogP contribution in [0, 0.1) is 6.92 Å². The molecule has 1 saturated carbocycles. The zero-order chi connectivity index (χ0) is 14.7. The average molecular weight is 303 g/mol. The van der Waals surface area contributed by atoms with Crippen LogP contribution in [0.15, 0.2) is 36.7 Å². The van der Waals surface area contributed by atoms with Gasteiger partial charge in [0.1, 0.15) is 12.4 Å². The Kier molecular flexibility index (Phi) is 4.42. The van der Waals surface area contributed by atoms with Gasteiger partial charge in [0, 0.05) is 41.1 Å². The topological polar surface area (TPSA) is 34.1 Å². The lowest BCUT2D eigenvalue weighted by Crippen LogP contribution is -2.16. The number of nitrogens with zero attached hydrogens (tertiary/aromatic N) is 1. The number of hydrogen-bond donors (Lipinski definition) is 1. The van der Waals surface area contributed by atoms with Crippen molar-refractivity contribution in [3.8, 4) is 5.75 Å². The fourth-order valence-corrected chi connectivity index (χ4v) is 2.47. The largest absolute Gasteiger partial charge is 0.488 e. The predicted molar refractivity (Wildman–Crippen MR) is 84.6 cm³/mol. The van der Waals surface area contributed by atoms with Crippen LogP contribution in [0.25, 0.3) is 0 Å². The molecule has 1 aromatic heterocycles. The molecule has 0 spiro atoms. The molecule has 1 aliphatic rings. The van der Waals surface area contributed by atoms with Crippen LogP contribution in [0.2, 0.25) is 5.02 Å². The number of halogens is 1. The highest BCUT2D eigenvalue weighted by atomic mass is 35.5. The summed E-state index contributed by atoms with van der Waals surface area (Å²) in [5.74, 6) is 0.845. The summed E-state index contributed by atoms with van der Waals surface area (Å²) >= 11 is 6.31. The molecule has 1 fully saturated rings. The SMILES string of the molecule is Cc1cncc(COc2cccc(Cl)c2CNC2CC2)c1. The highest BCUT2D eigenvalue weighted by Gasteiger charge is 2.21. The van der Waals surface area contributed by atoms with Crippen LogP contribution in [0.3, 0.4) is 0 Å². The van der Waals surface area contributed by atoms with E-state index in [1.165, 1.54) is 12.8 Å². The first kappa shape index (κ1) is 14.4. The van der Waals surface area contributed by atoms with E-state index in [4.69, 9.17) is 16.3 Å². The van der Waals surface area contributed by atoms with Gasteiger partial charge in [-0.15, -0.1) is 0 Å². The summed E-state index contributed by atoms with van der Waals surface area (Å²) in [6.45, 7) is 3.29. The maximum Gasteiger partial charge on any atom is 0.125 e. The lowest BCUT2D eigenvalue weighted by atomic mass is 10.2. The Morgan fingerprint density at radius 1 is 1.33 bits per heavy atom. The second-order valence-corrected chi connectivity index (χ2v) is 5.94. The fourth-order valence-electron chi connectivity index (χ4n) is 2.24. The highest BCUT2D eigenvalue weighted by Crippen LogP contribution is 2.28. The first-order valence-electron chi connectivity index (χ1n) is 7.26. The van der Waals surface area contributed by atoms with E-state index < -0.39 is 0 Å². The van der Waals surface area contributed by atoms with Crippen molar-refractivity contribution in [2.45, 2.75) is 39.0 Å². The van der Waals surface area contributed by atoms with Crippen LogP contribution in [0.1, 0.15) is 29.5 Å². The van der Waals surface area contributed by atoms with Crippen LogP contribution in [-0.2, 0) is 13.2 Å². The fraction of sp³-hybridized carbons (Fsp3) is 0.353. The Bertz CT molecular complexity index is 626. The van der Waals surface area contributed by atoms with Crippen LogP contribution >= 0.6 is 11.6 Å². The van der Waals surface area contributed by atoms with E-state index in [1.54, 1.807) is 0 Å². The van der Waals surface area contributed by atoms with Crippen molar-refractivity contribution < 1.29 is 4.74 Å². The van der Waals surface area contributed by atoms with E-state index in [2.05, 4.69) is 16.4 Å². The first-order chi connectivity index (χ1) is 10.2. The Hall–Kier alpha value is -1.58. The van der Waals surface area contributed by atoms with Crippen molar-refractivity contribution >= 4 is 11.6 Å². The minimum absolute atomic E-state index is 0.505. The summed E-state index contributed by atoms with van der Waals surface area (Å²) in [4.78, 5) is 4.19. The molecule has 0 amide bonds. The molecule has 1 aliphatic carbocycles. The summed E-state index contributed by atoms with van der Waals surface area (Å²) < 4.78 is 5.95. The zero-order valence-electron chi connectivity index (χ0n) is 12.1. The normalized spacial score (nSPS) is 14.2. The maximum atomic E-state index is 6.31. The summed E-state index contributed by atoms with van der Waals surface area (Å²) in [6.07, 6.45) is 6.19. The van der Waals surface area contributed by atoms with E-state index in [0.29, 0.717) is 12.6 Å². The van der Waals surface area contributed by atoms with E-state index in [1.807, 2.05) is 37.5 Å². The van der Waals surface area contributed by atoms with Gasteiger partial charge in [-0.25, -0.2) is 0 Å². The monoisotopic (exact) mass is 302 g/mol. The maximum absolute atomic E-state index is 6.31. The third-order valence-electron chi connectivity index (χ3n) is 3.55. The molecule has 3 nitrogen and oxygen atoms in total. The van der Waals surface area contributed by atoms with Crippen LogP contribution < -0.4 is 10.1 Å². The highest BCUT2D eigenvalue weighted by molar-refractivity contribution is 6.31. The number of rotatable bonds is 6. The molecule has 3 rings (SSSR count). The summed E-state index contributed by atoms with van der Waals surface area (Å²) in [5.41, 5.74) is 3.24. The van der Waals surface area contributed by atoms with Crippen molar-refractivity contribution in [1.29, 1.82) is 0 Å². The van der Waals surface area contributed by atoms with Crippen molar-refractivity contribution in [3.63, 3.8) is 0 Å². The molecule has 21 heavy (non-hydrogen) atoms. The molecule has 4 heteroatoms. The second kappa shape index (κ2) is 6.46. The summed E-state index contributed by atoms with van der Waals surface area (Å²) in [7, 11) is 0. The molecule has 0 unspecified atom stereocenters. The Balaban J connectivity index is 1.70. The van der Waals surface area contributed by atoms with Gasteiger partial charge in [-0.05, 0) is 43.5 Å². The Morgan fingerprint density at radius 2 is 2.19 bits per heavy atom. The van der Waals surface area contributed by atoms with Crippen LogP contribution in [0.5, 0.6) is 5.75 Å². The third-order valence-corrected chi connectivity index (χ3v) is 3.90. The van der Waals surface area contributed by atoms with Gasteiger partial charge in [-0.2, -0.15) is 0 Å². The first-order valence-corrected chi connectivity index (χ1v) is 7.64. The quantitative estimate of drug-likeness (QED) is 0.879. The van der Waals surface area contributed by atoms with E-state index >= 15 is 0 Å². The molecule has 1 aromatic carbocycles. The van der Waals surface area contributed by atoms with E-state index in [9.17, 15) is 0 Å². The van der Waals surface area contributed by atoms with Crippen molar-refractivity contribution in [2.75, 3.05) is 0 Å². The summed E-state index contributed by atoms with van der Waals surface area (Å²) in [5, 5.41) is 4.24. The number of nitrogens with one attached hydrogen (secondary N) is 1. The second-order valence-electron chi connectivity index (χ2n) is 5.53. The minimum Gasteiger partial charge on any atom is -0.488 e. The molecule has 110 valence electrons. The van der Waals surface area contributed by atoms with Crippen LogP contribution in [0.4, 0.5) is 0 Å². The molecule has 2 aromatic rings. The molecule has 0 atom stereocenters. The lowest BCUT2D eigenvalue weighted by molar-refractivity contribution is 0.301. The number of pyridine rings is 1. The van der Waals surface area contributed by atoms with E-state index in [-0.39, 0.29) is 0 Å². The smallest absolute Gasteiger partial charge is 0.125 e. The molecular formula is C17H19ClN2O. The van der Waals surface area contributed by atoms with Gasteiger partial charge in [-0.1, -0.05) is 17.7 Å². The molecular weight excluding hydrogens is 284 g/mol. The summed E-state index contributed by atoms with van der Waals surface area (Å²) in [6, 6.07) is 8.54. The molecule has 0 saturated heterocycles. The minimum atomic E-state index is 0.505. The number of ether oxygens (including phenoxy) is 1. The average Bonchev–Trinajstić information content (AvgIpc) is 3.28. The van der Waals surface area contributed by atoms with Crippen molar-refractivity contribution in [3.05, 3.63) is 58.4 Å². The molecule has 1 N–H and O–H groups in total. The predicted octanol–water partition coefficient (Wildman–Crippen LogP) is 3.87. The Morgan fingerprint density at radius 3 is 2.95 bits per heavy atom. The molecule has 0 radical (unpaired) electrons. The standard InChI is InChI=1S/C17H19ClN2O/c1-12-7-13(9-19-8-12)11-21-17-4-2-3-16(18)15(17)10-20-14-5-6-14/h2-4,7-9,14,20H,5-6,10-11H2,1H3. The molecule has 1 heterocycles. The number of aromatic nitrogens is 1. The van der Waals surface area contributed by atoms with Crippen LogP contribution in [-0.4, -0.2) is 11.0 Å². The van der Waals surface area contributed by atoms with Gasteiger partial charge in [0.05, 0.1) is 0 Å². The van der Waals surface area contributed by atoms with Gasteiger partial charge in [0.25, 0.3) is 0 Å². The molecule has 0 bridgehead atoms. The van der Waals surface area contributed by atoms with Crippen molar-refractivity contribution in [1.82, 2.24) is 10.3 Å². The van der Waals surface area contributed by atoms with Gasteiger partial charge < -0.3 is 10.1 Å².